The molecule has 27 heavy (non-hydrogen) atoms. The van der Waals surface area contributed by atoms with Crippen LogP contribution in [0.2, 0.25) is 0 Å². The molecular weight excluding hydrogens is 372 g/mol. The van der Waals surface area contributed by atoms with Crippen molar-refractivity contribution in [3.05, 3.63) is 29.8 Å². The van der Waals surface area contributed by atoms with Crippen molar-refractivity contribution in [2.75, 3.05) is 19.7 Å². The van der Waals surface area contributed by atoms with Gasteiger partial charge >= 0.3 is 6.09 Å². The molecule has 0 aliphatic carbocycles. The summed E-state index contributed by atoms with van der Waals surface area (Å²) in [6.07, 6.45) is 0.00638. The number of likely N-dealkylation sites (tertiary alicyclic amines) is 1. The van der Waals surface area contributed by atoms with Crippen molar-refractivity contribution in [1.29, 1.82) is 0 Å². The van der Waals surface area contributed by atoms with E-state index in [-0.39, 0.29) is 35.8 Å². The van der Waals surface area contributed by atoms with Crippen LogP contribution < -0.4 is 0 Å². The second-order valence-corrected chi connectivity index (χ2v) is 9.52. The molecule has 3 amide bonds. The maximum absolute atomic E-state index is 12.5. The van der Waals surface area contributed by atoms with Crippen molar-refractivity contribution >= 4 is 27.7 Å². The maximum Gasteiger partial charge on any atom is 0.417 e. The van der Waals surface area contributed by atoms with Gasteiger partial charge in [0.05, 0.1) is 22.6 Å². The molecule has 1 aromatic carbocycles. The lowest BCUT2D eigenvalue weighted by atomic mass is 10.1. The number of carbonyl (C=O) groups excluding carboxylic acids is 3. The number of rotatable bonds is 5. The van der Waals surface area contributed by atoms with Gasteiger partial charge in [0.1, 0.15) is 0 Å². The van der Waals surface area contributed by atoms with Crippen LogP contribution in [0.1, 0.15) is 25.8 Å². The fourth-order valence-corrected chi connectivity index (χ4v) is 4.31. The molecule has 1 atom stereocenters. The van der Waals surface area contributed by atoms with Crippen molar-refractivity contribution < 1.29 is 27.5 Å². The SMILES string of the molecule is CC(C)S(=O)(=O)c1ccc(CC(=O)N2CCC(N3C(=O)COC3=O)C2)cc1. The maximum atomic E-state index is 12.5. The van der Waals surface area contributed by atoms with Crippen molar-refractivity contribution in [2.45, 2.75) is 42.9 Å². The third kappa shape index (κ3) is 3.83. The molecule has 0 saturated carbocycles. The third-order valence-electron chi connectivity index (χ3n) is 4.89. The van der Waals surface area contributed by atoms with E-state index in [0.29, 0.717) is 25.1 Å². The van der Waals surface area contributed by atoms with E-state index in [1.165, 1.54) is 12.1 Å². The molecule has 9 heteroatoms. The molecule has 3 rings (SSSR count). The number of hydrogen-bond acceptors (Lipinski definition) is 6. The Labute approximate surface area is 158 Å². The first-order valence-corrected chi connectivity index (χ1v) is 10.3. The summed E-state index contributed by atoms with van der Waals surface area (Å²) >= 11 is 0. The normalized spacial score (nSPS) is 20.5. The Morgan fingerprint density at radius 1 is 1.22 bits per heavy atom. The van der Waals surface area contributed by atoms with Gasteiger partial charge in [0.25, 0.3) is 5.91 Å². The Balaban J connectivity index is 1.61. The van der Waals surface area contributed by atoms with E-state index < -0.39 is 21.2 Å². The summed E-state index contributed by atoms with van der Waals surface area (Å²) in [6.45, 7) is 3.75. The Morgan fingerprint density at radius 3 is 2.44 bits per heavy atom. The quantitative estimate of drug-likeness (QED) is 0.738. The predicted molar refractivity (Wildman–Crippen MR) is 95.6 cm³/mol. The molecule has 1 aromatic rings. The van der Waals surface area contributed by atoms with Crippen molar-refractivity contribution in [3.63, 3.8) is 0 Å². The van der Waals surface area contributed by atoms with Crippen LogP contribution in [0.3, 0.4) is 0 Å². The highest BCUT2D eigenvalue weighted by molar-refractivity contribution is 7.92. The number of hydrogen-bond donors (Lipinski definition) is 0. The second-order valence-electron chi connectivity index (χ2n) is 7.02. The minimum Gasteiger partial charge on any atom is -0.439 e. The number of amides is 3. The van der Waals surface area contributed by atoms with Crippen molar-refractivity contribution in [1.82, 2.24) is 9.80 Å². The Bertz CT molecular complexity index is 846. The molecule has 146 valence electrons. The van der Waals surface area contributed by atoms with E-state index in [1.54, 1.807) is 30.9 Å². The van der Waals surface area contributed by atoms with E-state index in [9.17, 15) is 22.8 Å². The van der Waals surface area contributed by atoms with Gasteiger partial charge in [0, 0.05) is 13.1 Å². The molecule has 2 fully saturated rings. The molecule has 2 aliphatic heterocycles. The molecule has 2 saturated heterocycles. The van der Waals surface area contributed by atoms with Crippen LogP contribution in [0.25, 0.3) is 0 Å². The average molecular weight is 394 g/mol. The third-order valence-corrected chi connectivity index (χ3v) is 7.06. The van der Waals surface area contributed by atoms with Crippen LogP contribution >= 0.6 is 0 Å². The fourth-order valence-electron chi connectivity index (χ4n) is 3.25. The predicted octanol–water partition coefficient (Wildman–Crippen LogP) is 0.991. The van der Waals surface area contributed by atoms with Crippen molar-refractivity contribution in [3.8, 4) is 0 Å². The minimum absolute atomic E-state index is 0.128. The summed E-state index contributed by atoms with van der Waals surface area (Å²) < 4.78 is 29.0. The standard InChI is InChI=1S/C18H22N2O6S/c1-12(2)27(24,25)15-5-3-13(4-6-15)9-16(21)19-8-7-14(10-19)20-17(22)11-26-18(20)23/h3-6,12,14H,7-11H2,1-2H3. The highest BCUT2D eigenvalue weighted by Crippen LogP contribution is 2.21. The minimum atomic E-state index is -3.34. The van der Waals surface area contributed by atoms with E-state index in [0.717, 1.165) is 4.90 Å². The van der Waals surface area contributed by atoms with E-state index >= 15 is 0 Å². The van der Waals surface area contributed by atoms with Gasteiger partial charge in [-0.25, -0.2) is 18.1 Å². The van der Waals surface area contributed by atoms with Crippen LogP contribution in [0.5, 0.6) is 0 Å². The van der Waals surface area contributed by atoms with E-state index in [4.69, 9.17) is 4.74 Å². The van der Waals surface area contributed by atoms with Gasteiger partial charge in [-0.3, -0.25) is 9.59 Å². The summed E-state index contributed by atoms with van der Waals surface area (Å²) in [5.41, 5.74) is 0.711. The molecule has 0 bridgehead atoms. The highest BCUT2D eigenvalue weighted by Gasteiger charge is 2.41. The highest BCUT2D eigenvalue weighted by atomic mass is 32.2. The zero-order valence-electron chi connectivity index (χ0n) is 15.3. The van der Waals surface area contributed by atoms with Gasteiger partial charge in [-0.1, -0.05) is 12.1 Å². The zero-order valence-corrected chi connectivity index (χ0v) is 16.1. The second kappa shape index (κ2) is 7.30. The number of sulfone groups is 1. The lowest BCUT2D eigenvalue weighted by molar-refractivity contribution is -0.131. The first-order chi connectivity index (χ1) is 12.7. The van der Waals surface area contributed by atoms with Gasteiger partial charge in [-0.05, 0) is 38.0 Å². The van der Waals surface area contributed by atoms with E-state index in [2.05, 4.69) is 0 Å². The smallest absolute Gasteiger partial charge is 0.417 e. The Kier molecular flexibility index (Phi) is 5.23. The molecule has 0 radical (unpaired) electrons. The topological polar surface area (TPSA) is 101 Å². The molecule has 8 nitrogen and oxygen atoms in total. The van der Waals surface area contributed by atoms with Crippen LogP contribution in [0, 0.1) is 0 Å². The Morgan fingerprint density at radius 2 is 1.89 bits per heavy atom. The summed E-state index contributed by atoms with van der Waals surface area (Å²) in [5, 5.41) is -0.508. The van der Waals surface area contributed by atoms with Crippen LogP contribution in [-0.2, 0) is 30.6 Å². The summed E-state index contributed by atoms with van der Waals surface area (Å²) in [4.78, 5) is 38.8. The molecule has 1 unspecified atom stereocenters. The lowest BCUT2D eigenvalue weighted by Gasteiger charge is -2.20. The summed E-state index contributed by atoms with van der Waals surface area (Å²) in [7, 11) is -3.34. The average Bonchev–Trinajstić information content (AvgIpc) is 3.22. The number of nitrogens with zero attached hydrogens (tertiary/aromatic N) is 2. The van der Waals surface area contributed by atoms with Crippen molar-refractivity contribution in [2.24, 2.45) is 0 Å². The zero-order chi connectivity index (χ0) is 19.8. The number of benzene rings is 1. The molecule has 0 N–H and O–H groups in total. The first kappa shape index (κ1) is 19.3. The molecule has 2 heterocycles. The lowest BCUT2D eigenvalue weighted by Crippen LogP contribution is -2.42. The Hall–Kier alpha value is -2.42. The van der Waals surface area contributed by atoms with Gasteiger partial charge < -0.3 is 9.64 Å². The number of carbonyl (C=O) groups is 3. The van der Waals surface area contributed by atoms with Crippen LogP contribution in [0.15, 0.2) is 29.2 Å². The number of cyclic esters (lactones) is 1. The number of imide groups is 1. The first-order valence-electron chi connectivity index (χ1n) is 8.79. The molecule has 0 spiro atoms. The molecule has 0 aromatic heterocycles. The molecular formula is C18H22N2O6S. The largest absolute Gasteiger partial charge is 0.439 e. The van der Waals surface area contributed by atoms with Gasteiger partial charge in [-0.2, -0.15) is 0 Å². The summed E-state index contributed by atoms with van der Waals surface area (Å²) in [5.74, 6) is -0.502. The molecule has 2 aliphatic rings. The van der Waals surface area contributed by atoms with Crippen LogP contribution in [0.4, 0.5) is 4.79 Å². The van der Waals surface area contributed by atoms with E-state index in [1.807, 2.05) is 0 Å². The van der Waals surface area contributed by atoms with Gasteiger partial charge in [-0.15, -0.1) is 0 Å². The monoisotopic (exact) mass is 394 g/mol. The summed E-state index contributed by atoms with van der Waals surface area (Å²) in [6, 6.07) is 5.97. The van der Waals surface area contributed by atoms with Crippen LogP contribution in [-0.4, -0.2) is 67.1 Å². The fraction of sp³-hybridized carbons (Fsp3) is 0.500. The van der Waals surface area contributed by atoms with Gasteiger partial charge in [0.2, 0.25) is 5.91 Å². The van der Waals surface area contributed by atoms with Gasteiger partial charge in [0.15, 0.2) is 16.4 Å². The number of ether oxygens (including phenoxy) is 1.